The van der Waals surface area contributed by atoms with Crippen LogP contribution >= 0.6 is 0 Å². The van der Waals surface area contributed by atoms with Gasteiger partial charge in [-0.25, -0.2) is 0 Å². The Morgan fingerprint density at radius 3 is 1.40 bits per heavy atom. The molecular weight excluding hydrogens is 1140 g/mol. The molecule has 2 aliphatic rings. The van der Waals surface area contributed by atoms with Crippen LogP contribution in [0.4, 0.5) is 34.1 Å². The van der Waals surface area contributed by atoms with Gasteiger partial charge in [0.25, 0.3) is 6.71 Å². The Bertz CT molecular complexity index is 5450. The third kappa shape index (κ3) is 10.2. The van der Waals surface area contributed by atoms with E-state index < -0.39 is 12.8 Å². The fourth-order valence-corrected chi connectivity index (χ4v) is 14.4. The zero-order valence-electron chi connectivity index (χ0n) is 59.7. The van der Waals surface area contributed by atoms with Gasteiger partial charge in [0, 0.05) is 50.2 Å². The third-order valence-corrected chi connectivity index (χ3v) is 19.4. The first kappa shape index (κ1) is 52.9. The molecule has 0 aliphatic carbocycles. The monoisotopic (exact) mass is 1220 g/mol. The first-order valence-corrected chi connectivity index (χ1v) is 32.8. The van der Waals surface area contributed by atoms with Crippen molar-refractivity contribution in [1.29, 1.82) is 0 Å². The van der Waals surface area contributed by atoms with E-state index in [2.05, 4.69) is 315 Å². The number of rotatable bonds is 9. The van der Waals surface area contributed by atoms with Gasteiger partial charge in [0.2, 0.25) is 0 Å². The number of furan rings is 1. The highest BCUT2D eigenvalue weighted by Crippen LogP contribution is 2.54. The molecule has 16 rings (SSSR count). The maximum absolute atomic E-state index is 9.62. The number of hydrogen-bond donors (Lipinski definition) is 0. The second kappa shape index (κ2) is 22.6. The van der Waals surface area contributed by atoms with Crippen molar-refractivity contribution < 1.29 is 11.3 Å². The Balaban J connectivity index is 1.11. The van der Waals surface area contributed by atoms with Crippen LogP contribution < -0.4 is 26.2 Å². The average molecular weight is 1220 g/mol. The molecule has 0 bridgehead atoms. The van der Waals surface area contributed by atoms with Crippen LogP contribution in [-0.4, -0.2) is 6.71 Å². The minimum Gasteiger partial charge on any atom is -0.456 e. The van der Waals surface area contributed by atoms with Gasteiger partial charge in [-0.15, -0.1) is 0 Å². The van der Waals surface area contributed by atoms with Gasteiger partial charge in [-0.3, -0.25) is 0 Å². The van der Waals surface area contributed by atoms with Gasteiger partial charge in [-0.05, 0) is 171 Å². The SMILES string of the molecule is [2H]c1c([2H])c([2H])c(-c2ccc3c(c2)N(c2c(-c4ccccc4)cc(C(C)(C)C)cc2-c2ccccc2)c2cc(-c4cccc5oc6ccccc6c45)cc4c2B3c2cc(-c3cc(C(C)(C)C)cc(C(C)(C)C)c3)ccc2N4c2ccc(-c3ccccc3)cc2-c2ccccc2)c([2H])c1[2H]. The molecule has 3 nitrogen and oxygen atoms in total. The van der Waals surface area contributed by atoms with E-state index in [4.69, 9.17) is 8.53 Å². The lowest BCUT2D eigenvalue weighted by Gasteiger charge is -2.46. The standard InChI is InChI=1S/C90H75BN2O/c1-88(2,3)68-48-66(49-69(55-68)89(4,5)6)64-44-47-79-77(51-64)91-76-45-42-65(59-30-17-11-18-31-59)52-80(76)93(87-74(61-34-21-13-22-35-61)56-70(90(7,8)9)57-75(87)62-36-23-14-24-37-62)82-54-67(71-39-27-41-84-85(71)72-38-25-26-40-83(72)94-84)53-81(86(82)91)92(79)78-46-43-63(58-28-15-10-16-29-58)50-73(78)60-32-19-12-20-33-60/h10-57H,1-9H3/i11D,17D,18D,30D,31D. The highest BCUT2D eigenvalue weighted by atomic mass is 16.3. The molecule has 0 N–H and O–H groups in total. The Morgan fingerprint density at radius 2 is 0.798 bits per heavy atom. The van der Waals surface area contributed by atoms with Crippen molar-refractivity contribution in [2.45, 2.75) is 78.6 Å². The lowest BCUT2D eigenvalue weighted by Crippen LogP contribution is -2.61. The molecule has 454 valence electrons. The number of para-hydroxylation sites is 1. The Kier molecular flexibility index (Phi) is 12.7. The van der Waals surface area contributed by atoms with E-state index >= 15 is 0 Å². The van der Waals surface area contributed by atoms with Crippen LogP contribution in [0, 0.1) is 0 Å². The zero-order chi connectivity index (χ0) is 68.6. The maximum Gasteiger partial charge on any atom is 0.252 e. The summed E-state index contributed by atoms with van der Waals surface area (Å²) in [5.74, 6) is 0. The van der Waals surface area contributed by atoms with Crippen molar-refractivity contribution in [3.63, 3.8) is 0 Å². The van der Waals surface area contributed by atoms with Crippen molar-refractivity contribution in [3.8, 4) is 77.9 Å². The van der Waals surface area contributed by atoms with E-state index in [1.807, 2.05) is 18.2 Å². The molecule has 4 heteroatoms. The summed E-state index contributed by atoms with van der Waals surface area (Å²) in [4.78, 5) is 5.02. The first-order valence-electron chi connectivity index (χ1n) is 35.3. The molecular formula is C90H75BN2O. The summed E-state index contributed by atoms with van der Waals surface area (Å²) in [7, 11) is 0. The molecule has 0 amide bonds. The summed E-state index contributed by atoms with van der Waals surface area (Å²) >= 11 is 0. The Morgan fingerprint density at radius 1 is 0.309 bits per heavy atom. The van der Waals surface area contributed by atoms with Crippen LogP contribution in [0.25, 0.3) is 99.8 Å². The molecule has 0 radical (unpaired) electrons. The number of fused-ring (bicyclic) bond motifs is 7. The quantitative estimate of drug-likeness (QED) is 0.134. The number of anilines is 6. The van der Waals surface area contributed by atoms with E-state index in [1.54, 1.807) is 0 Å². The van der Waals surface area contributed by atoms with Gasteiger partial charge >= 0.3 is 0 Å². The number of nitrogens with zero attached hydrogens (tertiary/aromatic N) is 2. The molecule has 0 saturated carbocycles. The van der Waals surface area contributed by atoms with Crippen molar-refractivity contribution in [2.75, 3.05) is 9.80 Å². The largest absolute Gasteiger partial charge is 0.456 e. The smallest absolute Gasteiger partial charge is 0.252 e. The van der Waals surface area contributed by atoms with E-state index in [0.717, 1.165) is 145 Å². The molecule has 0 spiro atoms. The van der Waals surface area contributed by atoms with Gasteiger partial charge in [-0.1, -0.05) is 293 Å². The molecule has 14 aromatic rings. The number of hydrogen-bond acceptors (Lipinski definition) is 3. The van der Waals surface area contributed by atoms with Crippen LogP contribution in [0.1, 0.15) is 85.9 Å². The van der Waals surface area contributed by atoms with Crippen LogP contribution in [0.2, 0.25) is 0 Å². The molecule has 3 heterocycles. The third-order valence-electron chi connectivity index (χ3n) is 19.4. The molecule has 1 aromatic heterocycles. The molecule has 13 aromatic carbocycles. The van der Waals surface area contributed by atoms with E-state index in [9.17, 15) is 2.74 Å². The second-order valence-electron chi connectivity index (χ2n) is 28.5. The summed E-state index contributed by atoms with van der Waals surface area (Å²) in [6, 6.07) is 92.9. The Hall–Kier alpha value is -10.7. The topological polar surface area (TPSA) is 19.6 Å². The summed E-state index contributed by atoms with van der Waals surface area (Å²) in [5, 5.41) is 2.01. The second-order valence-corrected chi connectivity index (χ2v) is 28.5. The lowest BCUT2D eigenvalue weighted by atomic mass is 9.33. The van der Waals surface area contributed by atoms with E-state index in [1.165, 1.54) is 11.1 Å². The van der Waals surface area contributed by atoms with Gasteiger partial charge < -0.3 is 14.2 Å². The predicted molar refractivity (Wildman–Crippen MR) is 402 cm³/mol. The summed E-state index contributed by atoms with van der Waals surface area (Å²) in [5.41, 5.74) is 26.8. The highest BCUT2D eigenvalue weighted by molar-refractivity contribution is 7.00. The maximum atomic E-state index is 9.62. The van der Waals surface area contributed by atoms with Crippen molar-refractivity contribution in [3.05, 3.63) is 308 Å². The summed E-state index contributed by atoms with van der Waals surface area (Å²) in [6.45, 7) is 20.2. The zero-order valence-corrected chi connectivity index (χ0v) is 54.7. The fraction of sp³-hybridized carbons (Fsp3) is 0.133. The first-order chi connectivity index (χ1) is 47.6. The highest BCUT2D eigenvalue weighted by Gasteiger charge is 2.46. The molecule has 2 aliphatic heterocycles. The molecule has 94 heavy (non-hydrogen) atoms. The summed E-state index contributed by atoms with van der Waals surface area (Å²) < 4.78 is 53.0. The molecule has 0 atom stereocenters. The molecule has 0 unspecified atom stereocenters. The van der Waals surface area contributed by atoms with Crippen LogP contribution in [0.5, 0.6) is 0 Å². The lowest BCUT2D eigenvalue weighted by molar-refractivity contribution is 0.569. The van der Waals surface area contributed by atoms with Gasteiger partial charge in [-0.2, -0.15) is 0 Å². The normalized spacial score (nSPS) is 13.6. The Labute approximate surface area is 561 Å². The van der Waals surface area contributed by atoms with Crippen molar-refractivity contribution in [1.82, 2.24) is 0 Å². The number of benzene rings is 13. The molecule has 0 fully saturated rings. The predicted octanol–water partition coefficient (Wildman–Crippen LogP) is 23.2. The molecule has 0 saturated heterocycles. The van der Waals surface area contributed by atoms with Gasteiger partial charge in [0.05, 0.1) is 18.2 Å². The minimum absolute atomic E-state index is 0.135. The van der Waals surface area contributed by atoms with Gasteiger partial charge in [0.1, 0.15) is 11.2 Å². The van der Waals surface area contributed by atoms with Crippen LogP contribution in [0.15, 0.2) is 295 Å². The summed E-state index contributed by atoms with van der Waals surface area (Å²) in [6.07, 6.45) is 0. The van der Waals surface area contributed by atoms with Crippen molar-refractivity contribution >= 4 is 79.2 Å². The van der Waals surface area contributed by atoms with E-state index in [-0.39, 0.29) is 46.0 Å². The van der Waals surface area contributed by atoms with Crippen LogP contribution in [0.3, 0.4) is 0 Å². The van der Waals surface area contributed by atoms with Gasteiger partial charge in [0.15, 0.2) is 0 Å². The van der Waals surface area contributed by atoms with Crippen molar-refractivity contribution in [2.24, 2.45) is 0 Å². The van der Waals surface area contributed by atoms with E-state index in [0.29, 0.717) is 5.56 Å². The average Bonchev–Trinajstić information content (AvgIpc) is 0.804. The fourth-order valence-electron chi connectivity index (χ4n) is 14.4. The minimum atomic E-state index is -0.438. The van der Waals surface area contributed by atoms with Crippen LogP contribution in [-0.2, 0) is 16.2 Å².